The van der Waals surface area contributed by atoms with E-state index in [-0.39, 0.29) is 22.9 Å². The third-order valence-electron chi connectivity index (χ3n) is 4.97. The number of amides is 1. The van der Waals surface area contributed by atoms with E-state index in [1.165, 1.54) is 6.07 Å². The van der Waals surface area contributed by atoms with Crippen LogP contribution in [0.25, 0.3) is 11.0 Å². The Morgan fingerprint density at radius 1 is 1.19 bits per heavy atom. The number of alkyl halides is 3. The van der Waals surface area contributed by atoms with Gasteiger partial charge in [-0.3, -0.25) is 4.79 Å². The van der Waals surface area contributed by atoms with Gasteiger partial charge >= 0.3 is 6.18 Å². The molecule has 1 aliphatic carbocycles. The summed E-state index contributed by atoms with van der Waals surface area (Å²) in [5, 5.41) is 3.05. The summed E-state index contributed by atoms with van der Waals surface area (Å²) >= 11 is 0. The second-order valence-corrected chi connectivity index (χ2v) is 7.03. The number of benzene rings is 2. The van der Waals surface area contributed by atoms with E-state index in [1.807, 2.05) is 37.3 Å². The smallest absolute Gasteiger partial charge is 0.345 e. The number of rotatable bonds is 4. The van der Waals surface area contributed by atoms with Gasteiger partial charge in [-0.2, -0.15) is 13.2 Å². The predicted molar refractivity (Wildman–Crippen MR) is 94.8 cm³/mol. The van der Waals surface area contributed by atoms with Crippen molar-refractivity contribution in [2.24, 2.45) is 11.8 Å². The molecule has 2 N–H and O–H groups in total. The number of imidazole rings is 1. The average molecular weight is 373 g/mol. The number of hydrogen-bond acceptors (Lipinski definition) is 2. The summed E-state index contributed by atoms with van der Waals surface area (Å²) in [4.78, 5) is 18.4. The van der Waals surface area contributed by atoms with Crippen LogP contribution in [0.5, 0.6) is 0 Å². The van der Waals surface area contributed by atoms with Crippen molar-refractivity contribution in [1.82, 2.24) is 15.3 Å². The van der Waals surface area contributed by atoms with Crippen molar-refractivity contribution in [2.45, 2.75) is 25.6 Å². The fraction of sp³-hybridized carbons (Fsp3) is 0.300. The average Bonchev–Trinajstić information content (AvgIpc) is 3.20. The highest BCUT2D eigenvalue weighted by Crippen LogP contribution is 2.39. The van der Waals surface area contributed by atoms with E-state index in [1.54, 1.807) is 12.1 Å². The summed E-state index contributed by atoms with van der Waals surface area (Å²) in [5.41, 5.74) is 2.09. The van der Waals surface area contributed by atoms with E-state index in [4.69, 9.17) is 0 Å². The SMILES string of the molecule is C[C@@H]1C[C@H]1C(=O)N[C@H](c1ccccc1)c1ccc2nc(C(F)(F)F)[nH]c2c1. The molecule has 0 unspecified atom stereocenters. The van der Waals surface area contributed by atoms with Gasteiger partial charge in [-0.1, -0.05) is 43.3 Å². The van der Waals surface area contributed by atoms with Crippen LogP contribution in [0.4, 0.5) is 13.2 Å². The van der Waals surface area contributed by atoms with E-state index < -0.39 is 18.0 Å². The minimum atomic E-state index is -4.53. The first-order chi connectivity index (χ1) is 12.8. The van der Waals surface area contributed by atoms with Crippen LogP contribution in [0.3, 0.4) is 0 Å². The number of fused-ring (bicyclic) bond motifs is 1. The van der Waals surface area contributed by atoms with E-state index in [2.05, 4.69) is 15.3 Å². The van der Waals surface area contributed by atoms with Crippen LogP contribution in [0.15, 0.2) is 48.5 Å². The minimum Gasteiger partial charge on any atom is -0.345 e. The topological polar surface area (TPSA) is 57.8 Å². The molecule has 1 saturated carbocycles. The zero-order valence-electron chi connectivity index (χ0n) is 14.5. The van der Waals surface area contributed by atoms with Gasteiger partial charge in [-0.15, -0.1) is 0 Å². The Morgan fingerprint density at radius 3 is 2.52 bits per heavy atom. The third-order valence-corrected chi connectivity index (χ3v) is 4.97. The van der Waals surface area contributed by atoms with Gasteiger partial charge in [0, 0.05) is 5.92 Å². The van der Waals surface area contributed by atoms with Gasteiger partial charge in [0.25, 0.3) is 0 Å². The third kappa shape index (κ3) is 3.54. The maximum absolute atomic E-state index is 12.9. The van der Waals surface area contributed by atoms with Crippen molar-refractivity contribution in [3.63, 3.8) is 0 Å². The number of aromatic amines is 1. The Kier molecular flexibility index (Phi) is 4.17. The van der Waals surface area contributed by atoms with Gasteiger partial charge in [0.05, 0.1) is 17.1 Å². The van der Waals surface area contributed by atoms with Gasteiger partial charge in [0.2, 0.25) is 11.7 Å². The summed E-state index contributed by atoms with van der Waals surface area (Å²) in [7, 11) is 0. The molecule has 7 heteroatoms. The van der Waals surface area contributed by atoms with Crippen molar-refractivity contribution in [1.29, 1.82) is 0 Å². The van der Waals surface area contributed by atoms with Gasteiger partial charge in [0.15, 0.2) is 0 Å². The molecule has 1 aliphatic rings. The molecular weight excluding hydrogens is 355 g/mol. The predicted octanol–water partition coefficient (Wildman–Crippen LogP) is 4.44. The standard InChI is InChI=1S/C20H18F3N3O/c1-11-9-14(11)18(27)26-17(12-5-3-2-4-6-12)13-7-8-15-16(10-13)25-19(24-15)20(21,22)23/h2-8,10-11,14,17H,9H2,1H3,(H,24,25)(H,26,27)/t11-,14-,17-/m1/s1. The first kappa shape index (κ1) is 17.6. The van der Waals surface area contributed by atoms with E-state index in [0.29, 0.717) is 11.5 Å². The molecule has 1 amide bonds. The summed E-state index contributed by atoms with van der Waals surface area (Å²) in [6.07, 6.45) is -3.67. The summed E-state index contributed by atoms with van der Waals surface area (Å²) in [6, 6.07) is 13.8. The minimum absolute atomic E-state index is 0.00364. The first-order valence-corrected chi connectivity index (χ1v) is 8.75. The number of halogens is 3. The Balaban J connectivity index is 1.71. The molecule has 3 aromatic rings. The normalized spacial score (nSPS) is 20.4. The van der Waals surface area contributed by atoms with Crippen LogP contribution < -0.4 is 5.32 Å². The molecule has 0 radical (unpaired) electrons. The summed E-state index contributed by atoms with van der Waals surface area (Å²) < 4.78 is 38.7. The van der Waals surface area contributed by atoms with Crippen LogP contribution in [0.2, 0.25) is 0 Å². The van der Waals surface area contributed by atoms with Gasteiger partial charge in [-0.05, 0) is 35.6 Å². The number of nitrogens with zero attached hydrogens (tertiary/aromatic N) is 1. The van der Waals surface area contributed by atoms with Crippen LogP contribution in [-0.4, -0.2) is 15.9 Å². The quantitative estimate of drug-likeness (QED) is 0.710. The number of carbonyl (C=O) groups is 1. The van der Waals surface area contributed by atoms with Crippen LogP contribution in [0, 0.1) is 11.8 Å². The molecule has 0 spiro atoms. The molecule has 4 rings (SSSR count). The number of H-pyrrole nitrogens is 1. The number of nitrogens with one attached hydrogen (secondary N) is 2. The maximum Gasteiger partial charge on any atom is 0.449 e. The number of carbonyl (C=O) groups excluding carboxylic acids is 1. The maximum atomic E-state index is 12.9. The van der Waals surface area contributed by atoms with E-state index in [0.717, 1.165) is 12.0 Å². The Labute approximate surface area is 153 Å². The van der Waals surface area contributed by atoms with Gasteiger partial charge in [-0.25, -0.2) is 4.98 Å². The highest BCUT2D eigenvalue weighted by atomic mass is 19.4. The molecule has 1 aromatic heterocycles. The second kappa shape index (κ2) is 6.40. The van der Waals surface area contributed by atoms with Crippen LogP contribution in [-0.2, 0) is 11.0 Å². The fourth-order valence-corrected chi connectivity index (χ4v) is 3.28. The highest BCUT2D eigenvalue weighted by molar-refractivity contribution is 5.83. The molecule has 140 valence electrons. The van der Waals surface area contributed by atoms with Crippen molar-refractivity contribution in [2.75, 3.05) is 0 Å². The van der Waals surface area contributed by atoms with Crippen LogP contribution >= 0.6 is 0 Å². The second-order valence-electron chi connectivity index (χ2n) is 7.03. The van der Waals surface area contributed by atoms with Crippen molar-refractivity contribution in [3.05, 3.63) is 65.5 Å². The molecule has 4 nitrogen and oxygen atoms in total. The lowest BCUT2D eigenvalue weighted by Crippen LogP contribution is -2.30. The zero-order chi connectivity index (χ0) is 19.2. The van der Waals surface area contributed by atoms with Crippen molar-refractivity contribution >= 4 is 16.9 Å². The molecule has 3 atom stereocenters. The Hall–Kier alpha value is -2.83. The van der Waals surface area contributed by atoms with Crippen molar-refractivity contribution in [3.8, 4) is 0 Å². The number of aromatic nitrogens is 2. The Morgan fingerprint density at radius 2 is 1.89 bits per heavy atom. The largest absolute Gasteiger partial charge is 0.449 e. The number of hydrogen-bond donors (Lipinski definition) is 2. The molecule has 27 heavy (non-hydrogen) atoms. The van der Waals surface area contributed by atoms with Crippen molar-refractivity contribution < 1.29 is 18.0 Å². The molecule has 0 bridgehead atoms. The molecule has 0 aliphatic heterocycles. The summed E-state index contributed by atoms with van der Waals surface area (Å²) in [5.74, 6) is -0.687. The van der Waals surface area contributed by atoms with Gasteiger partial charge < -0.3 is 10.3 Å². The lowest BCUT2D eigenvalue weighted by Gasteiger charge is -2.20. The van der Waals surface area contributed by atoms with Gasteiger partial charge in [0.1, 0.15) is 0 Å². The first-order valence-electron chi connectivity index (χ1n) is 8.75. The van der Waals surface area contributed by atoms with E-state index >= 15 is 0 Å². The van der Waals surface area contributed by atoms with Crippen LogP contribution in [0.1, 0.15) is 36.3 Å². The van der Waals surface area contributed by atoms with E-state index in [9.17, 15) is 18.0 Å². The molecule has 0 saturated heterocycles. The zero-order valence-corrected chi connectivity index (χ0v) is 14.5. The Bertz CT molecular complexity index is 981. The molecular formula is C20H18F3N3O. The lowest BCUT2D eigenvalue weighted by atomic mass is 9.98. The fourth-order valence-electron chi connectivity index (χ4n) is 3.28. The summed E-state index contributed by atoms with van der Waals surface area (Å²) in [6.45, 7) is 2.02. The monoisotopic (exact) mass is 373 g/mol. The molecule has 1 heterocycles. The molecule has 1 fully saturated rings. The lowest BCUT2D eigenvalue weighted by molar-refractivity contribution is -0.144. The highest BCUT2D eigenvalue weighted by Gasteiger charge is 2.40. The molecule has 2 aromatic carbocycles.